The Morgan fingerprint density at radius 3 is 2.69 bits per heavy atom. The van der Waals surface area contributed by atoms with Gasteiger partial charge in [0.25, 0.3) is 0 Å². The molecule has 1 N–H and O–H groups in total. The monoisotopic (exact) mass is 484 g/mol. The molecule has 1 amide bonds. The van der Waals surface area contributed by atoms with E-state index in [4.69, 9.17) is 4.74 Å². The largest absolute Gasteiger partial charge is 0.494 e. The predicted octanol–water partition coefficient (Wildman–Crippen LogP) is 6.34. The van der Waals surface area contributed by atoms with Gasteiger partial charge in [0.1, 0.15) is 11.6 Å². The van der Waals surface area contributed by atoms with E-state index in [-0.39, 0.29) is 11.7 Å². The summed E-state index contributed by atoms with van der Waals surface area (Å²) in [6.45, 7) is 2.51. The second-order valence-corrected chi connectivity index (χ2v) is 8.65. The summed E-state index contributed by atoms with van der Waals surface area (Å²) in [6, 6.07) is 21.4. The Balaban J connectivity index is 1.40. The number of carbonyl (C=O) groups is 1. The van der Waals surface area contributed by atoms with Crippen LogP contribution in [0, 0.1) is 5.82 Å². The summed E-state index contributed by atoms with van der Waals surface area (Å²) in [6.07, 6.45) is 4.97. The number of ether oxygens (including phenoxy) is 1. The minimum absolute atomic E-state index is 0.313. The van der Waals surface area contributed by atoms with Gasteiger partial charge in [-0.25, -0.2) is 14.1 Å². The minimum atomic E-state index is -0.322. The Hall–Kier alpha value is -4.30. The van der Waals surface area contributed by atoms with Gasteiger partial charge in [0, 0.05) is 23.4 Å². The first kappa shape index (κ1) is 22.5. The van der Waals surface area contributed by atoms with Gasteiger partial charge >= 0.3 is 0 Å². The third-order valence-corrected chi connectivity index (χ3v) is 6.13. The van der Waals surface area contributed by atoms with Crippen LogP contribution in [-0.4, -0.2) is 27.3 Å². The van der Waals surface area contributed by atoms with Gasteiger partial charge < -0.3 is 4.74 Å². The van der Waals surface area contributed by atoms with Crippen molar-refractivity contribution in [3.8, 4) is 22.7 Å². The molecule has 5 rings (SSSR count). The number of carbonyl (C=O) groups excluding carboxylic acids is 1. The maximum atomic E-state index is 13.5. The highest BCUT2D eigenvalue weighted by Crippen LogP contribution is 2.29. The smallest absolute Gasteiger partial charge is 0.250 e. The van der Waals surface area contributed by atoms with Crippen LogP contribution >= 0.6 is 11.3 Å². The van der Waals surface area contributed by atoms with Crippen molar-refractivity contribution in [1.82, 2.24) is 14.8 Å². The summed E-state index contributed by atoms with van der Waals surface area (Å²) < 4.78 is 21.7. The summed E-state index contributed by atoms with van der Waals surface area (Å²) in [4.78, 5) is 17.1. The van der Waals surface area contributed by atoms with Crippen molar-refractivity contribution >= 4 is 38.7 Å². The number of benzene rings is 3. The van der Waals surface area contributed by atoms with Gasteiger partial charge in [-0.15, -0.1) is 0 Å². The Bertz CT molecular complexity index is 1510. The Morgan fingerprint density at radius 2 is 1.91 bits per heavy atom. The quantitative estimate of drug-likeness (QED) is 0.274. The van der Waals surface area contributed by atoms with Gasteiger partial charge in [0.05, 0.1) is 28.2 Å². The van der Waals surface area contributed by atoms with E-state index in [2.05, 4.69) is 15.4 Å². The number of thiazole rings is 1. The molecule has 0 unspecified atom stereocenters. The van der Waals surface area contributed by atoms with Gasteiger partial charge in [-0.3, -0.25) is 10.1 Å². The highest BCUT2D eigenvalue weighted by molar-refractivity contribution is 7.22. The standard InChI is InChI=1S/C27H21FN4O2S/c1-2-34-22-13-14-23-24(16-22)35-27(29-23)30-25(33)15-10-19-17-32(21-6-4-3-5-7-21)31-26(19)18-8-11-20(28)12-9-18/h3-17H,2H2,1H3,(H,29,30,33)/b15-10+. The normalized spacial score (nSPS) is 11.3. The molecule has 0 aliphatic carbocycles. The number of hydrogen-bond donors (Lipinski definition) is 1. The summed E-state index contributed by atoms with van der Waals surface area (Å²) in [5, 5.41) is 8.01. The first-order valence-electron chi connectivity index (χ1n) is 11.0. The van der Waals surface area contributed by atoms with Crippen LogP contribution in [0.4, 0.5) is 9.52 Å². The molecule has 6 nitrogen and oxygen atoms in total. The van der Waals surface area contributed by atoms with Crippen molar-refractivity contribution in [1.29, 1.82) is 0 Å². The van der Waals surface area contributed by atoms with E-state index < -0.39 is 0 Å². The van der Waals surface area contributed by atoms with Crippen LogP contribution in [0.2, 0.25) is 0 Å². The van der Waals surface area contributed by atoms with Crippen LogP contribution in [0.3, 0.4) is 0 Å². The van der Waals surface area contributed by atoms with E-state index >= 15 is 0 Å². The van der Waals surface area contributed by atoms with Crippen molar-refractivity contribution in [3.63, 3.8) is 0 Å². The number of aromatic nitrogens is 3. The average Bonchev–Trinajstić information content (AvgIpc) is 3.47. The molecule has 0 atom stereocenters. The van der Waals surface area contributed by atoms with Crippen LogP contribution in [0.1, 0.15) is 12.5 Å². The molecular formula is C27H21FN4O2S. The number of rotatable bonds is 7. The minimum Gasteiger partial charge on any atom is -0.494 e. The summed E-state index contributed by atoms with van der Waals surface area (Å²) >= 11 is 1.38. The molecule has 0 fully saturated rings. The molecule has 0 aliphatic heterocycles. The summed E-state index contributed by atoms with van der Waals surface area (Å²) in [7, 11) is 0. The number of para-hydroxylation sites is 1. The van der Waals surface area contributed by atoms with Gasteiger partial charge in [-0.05, 0) is 67.6 Å². The zero-order valence-corrected chi connectivity index (χ0v) is 19.6. The van der Waals surface area contributed by atoms with Crippen molar-refractivity contribution in [2.24, 2.45) is 0 Å². The maximum Gasteiger partial charge on any atom is 0.250 e. The molecule has 35 heavy (non-hydrogen) atoms. The number of nitrogens with zero attached hydrogens (tertiary/aromatic N) is 3. The Labute approximate surface area is 205 Å². The van der Waals surface area contributed by atoms with Crippen molar-refractivity contribution in [3.05, 3.63) is 96.4 Å². The van der Waals surface area contributed by atoms with Crippen molar-refractivity contribution in [2.75, 3.05) is 11.9 Å². The molecule has 174 valence electrons. The van der Waals surface area contributed by atoms with E-state index in [0.717, 1.165) is 32.8 Å². The molecular weight excluding hydrogens is 463 g/mol. The molecule has 0 aliphatic rings. The molecule has 0 saturated heterocycles. The van der Waals surface area contributed by atoms with Gasteiger partial charge in [0.15, 0.2) is 5.13 Å². The molecule has 0 radical (unpaired) electrons. The van der Waals surface area contributed by atoms with Crippen LogP contribution in [0.25, 0.3) is 33.2 Å². The molecule has 8 heteroatoms. The zero-order chi connectivity index (χ0) is 24.2. The number of hydrogen-bond acceptors (Lipinski definition) is 5. The molecule has 5 aromatic rings. The number of halogens is 1. The number of fused-ring (bicyclic) bond motifs is 1. The van der Waals surface area contributed by atoms with Crippen LogP contribution in [0.15, 0.2) is 85.1 Å². The molecule has 0 spiro atoms. The van der Waals surface area contributed by atoms with Gasteiger partial charge in [-0.2, -0.15) is 5.10 Å². The molecule has 0 saturated carbocycles. The Kier molecular flexibility index (Phi) is 6.36. The predicted molar refractivity (Wildman–Crippen MR) is 137 cm³/mol. The van der Waals surface area contributed by atoms with Crippen LogP contribution in [-0.2, 0) is 4.79 Å². The summed E-state index contributed by atoms with van der Waals surface area (Å²) in [5.74, 6) is 0.133. The lowest BCUT2D eigenvalue weighted by Gasteiger charge is -2.00. The topological polar surface area (TPSA) is 69.0 Å². The Morgan fingerprint density at radius 1 is 1.11 bits per heavy atom. The SMILES string of the molecule is CCOc1ccc2nc(NC(=O)/C=C/c3cn(-c4ccccc4)nc3-c3ccc(F)cc3)sc2c1. The van der Waals surface area contributed by atoms with E-state index in [1.807, 2.05) is 61.7 Å². The van der Waals surface area contributed by atoms with Crippen molar-refractivity contribution in [2.45, 2.75) is 6.92 Å². The van der Waals surface area contributed by atoms with Gasteiger partial charge in [0.2, 0.25) is 5.91 Å². The van der Waals surface area contributed by atoms with Crippen molar-refractivity contribution < 1.29 is 13.9 Å². The lowest BCUT2D eigenvalue weighted by molar-refractivity contribution is -0.111. The molecule has 2 aromatic heterocycles. The fourth-order valence-corrected chi connectivity index (χ4v) is 4.48. The average molecular weight is 485 g/mol. The zero-order valence-electron chi connectivity index (χ0n) is 18.8. The van der Waals surface area contributed by atoms with E-state index in [1.165, 1.54) is 29.5 Å². The fraction of sp³-hybridized carbons (Fsp3) is 0.0741. The molecule has 3 aromatic carbocycles. The lowest BCUT2D eigenvalue weighted by atomic mass is 10.1. The number of anilines is 1. The lowest BCUT2D eigenvalue weighted by Crippen LogP contribution is -2.07. The maximum absolute atomic E-state index is 13.5. The summed E-state index contributed by atoms with van der Waals surface area (Å²) in [5.41, 5.74) is 3.78. The first-order chi connectivity index (χ1) is 17.1. The van der Waals surface area contributed by atoms with E-state index in [0.29, 0.717) is 17.4 Å². The first-order valence-corrected chi connectivity index (χ1v) is 11.8. The fourth-order valence-electron chi connectivity index (χ4n) is 3.58. The van der Waals surface area contributed by atoms with E-state index in [1.54, 1.807) is 22.9 Å². The highest BCUT2D eigenvalue weighted by atomic mass is 32.1. The number of amides is 1. The van der Waals surface area contributed by atoms with E-state index in [9.17, 15) is 9.18 Å². The third kappa shape index (κ3) is 5.12. The van der Waals surface area contributed by atoms with Gasteiger partial charge in [-0.1, -0.05) is 29.5 Å². The molecule has 2 heterocycles. The third-order valence-electron chi connectivity index (χ3n) is 5.20. The second kappa shape index (κ2) is 9.90. The van der Waals surface area contributed by atoms with Crippen LogP contribution in [0.5, 0.6) is 5.75 Å². The molecule has 0 bridgehead atoms. The highest BCUT2D eigenvalue weighted by Gasteiger charge is 2.12. The van der Waals surface area contributed by atoms with Crippen LogP contribution < -0.4 is 10.1 Å². The number of nitrogens with one attached hydrogen (secondary N) is 1. The second-order valence-electron chi connectivity index (χ2n) is 7.62.